The van der Waals surface area contributed by atoms with Crippen molar-refractivity contribution < 1.29 is 18.7 Å². The van der Waals surface area contributed by atoms with Crippen LogP contribution in [0.1, 0.15) is 59.3 Å². The van der Waals surface area contributed by atoms with Crippen LogP contribution in [-0.4, -0.2) is 53.4 Å². The second kappa shape index (κ2) is 8.72. The Kier molecular flexibility index (Phi) is 6.11. The number of rotatable bonds is 3. The Morgan fingerprint density at radius 2 is 1.94 bits per heavy atom. The first-order chi connectivity index (χ1) is 15.6. The number of nitrogens with two attached hydrogens (primary N) is 2. The van der Waals surface area contributed by atoms with Crippen LogP contribution in [0.25, 0.3) is 0 Å². The molecule has 4 rings (SSSR count). The van der Waals surface area contributed by atoms with Gasteiger partial charge in [-0.1, -0.05) is 6.42 Å². The van der Waals surface area contributed by atoms with Crippen molar-refractivity contribution in [1.29, 1.82) is 0 Å². The number of ether oxygens (including phenoxy) is 2. The van der Waals surface area contributed by atoms with Gasteiger partial charge in [0.1, 0.15) is 28.9 Å². The summed E-state index contributed by atoms with van der Waals surface area (Å²) in [6.45, 7) is 6.40. The number of amides is 1. The summed E-state index contributed by atoms with van der Waals surface area (Å²) in [4.78, 5) is 24.6. The third-order valence-corrected chi connectivity index (χ3v) is 6.10. The monoisotopic (exact) mass is 460 g/mol. The summed E-state index contributed by atoms with van der Waals surface area (Å²) in [5.41, 5.74) is 11.5. The minimum atomic E-state index is -0.710. The molecule has 3 aliphatic rings. The molecule has 9 nitrogen and oxygen atoms in total. The van der Waals surface area contributed by atoms with E-state index in [1.807, 2.05) is 20.8 Å². The Morgan fingerprint density at radius 3 is 2.64 bits per heavy atom. The van der Waals surface area contributed by atoms with Crippen molar-refractivity contribution in [2.75, 3.05) is 18.0 Å². The third-order valence-electron chi connectivity index (χ3n) is 6.10. The largest absolute Gasteiger partial charge is 0.486 e. The zero-order chi connectivity index (χ0) is 23.8. The van der Waals surface area contributed by atoms with E-state index in [0.717, 1.165) is 32.1 Å². The van der Waals surface area contributed by atoms with Gasteiger partial charge in [-0.25, -0.2) is 14.2 Å². The summed E-state index contributed by atoms with van der Waals surface area (Å²) in [6, 6.07) is 4.33. The van der Waals surface area contributed by atoms with Crippen LogP contribution >= 0.6 is 0 Å². The Bertz CT molecular complexity index is 967. The minimum Gasteiger partial charge on any atom is -0.486 e. The molecule has 33 heavy (non-hydrogen) atoms. The number of carbonyl (C=O) groups is 1. The van der Waals surface area contributed by atoms with Crippen molar-refractivity contribution in [3.05, 3.63) is 24.0 Å². The lowest BCUT2D eigenvalue weighted by Crippen LogP contribution is -2.58. The molecule has 1 amide bonds. The third kappa shape index (κ3) is 4.99. The van der Waals surface area contributed by atoms with Gasteiger partial charge in [0.05, 0.1) is 12.2 Å². The van der Waals surface area contributed by atoms with Crippen molar-refractivity contribution in [3.8, 4) is 5.75 Å². The van der Waals surface area contributed by atoms with E-state index in [-0.39, 0.29) is 24.1 Å². The standard InChI is InChI=1S/C23H33FN6O3/c1-22(2,3)33-21(31)29-12-9-16(14-29)32-18-8-7-15(24)13-17(18)30-20(26)27-19(25)28-23(30)10-5-4-6-11-23/h7-8,13,16H,4-6,9-12,14H2,1-3H3,(H4,25,26,27,28). The number of nitrogens with zero attached hydrogens (tertiary/aromatic N) is 4. The normalized spacial score (nSPS) is 22.7. The molecule has 1 unspecified atom stereocenters. The zero-order valence-electron chi connectivity index (χ0n) is 19.5. The van der Waals surface area contributed by atoms with Crippen molar-refractivity contribution in [1.82, 2.24) is 4.90 Å². The van der Waals surface area contributed by atoms with Gasteiger partial charge in [-0.3, -0.25) is 4.90 Å². The van der Waals surface area contributed by atoms with Crippen molar-refractivity contribution in [3.63, 3.8) is 0 Å². The molecule has 0 radical (unpaired) electrons. The first kappa shape index (κ1) is 23.1. The molecule has 2 fully saturated rings. The smallest absolute Gasteiger partial charge is 0.410 e. The van der Waals surface area contributed by atoms with Gasteiger partial charge in [0.25, 0.3) is 0 Å². The molecule has 2 heterocycles. The Hall–Kier alpha value is -3.04. The summed E-state index contributed by atoms with van der Waals surface area (Å²) >= 11 is 0. The maximum absolute atomic E-state index is 14.4. The van der Waals surface area contributed by atoms with Crippen molar-refractivity contribution in [2.45, 2.75) is 76.7 Å². The average molecular weight is 461 g/mol. The van der Waals surface area contributed by atoms with Gasteiger partial charge >= 0.3 is 6.09 Å². The number of likely N-dealkylation sites (tertiary alicyclic amines) is 1. The van der Waals surface area contributed by atoms with Gasteiger partial charge in [0.15, 0.2) is 0 Å². The summed E-state index contributed by atoms with van der Waals surface area (Å²) in [5.74, 6) is 0.349. The number of halogens is 1. The zero-order valence-corrected chi connectivity index (χ0v) is 19.5. The van der Waals surface area contributed by atoms with E-state index in [1.165, 1.54) is 12.1 Å². The first-order valence-corrected chi connectivity index (χ1v) is 11.5. The molecule has 0 bridgehead atoms. The molecule has 10 heteroatoms. The van der Waals surface area contributed by atoms with Gasteiger partial charge < -0.3 is 25.8 Å². The lowest BCUT2D eigenvalue weighted by molar-refractivity contribution is 0.0276. The van der Waals surface area contributed by atoms with Gasteiger partial charge in [-0.15, -0.1) is 0 Å². The molecular formula is C23H33FN6O3. The predicted octanol–water partition coefficient (Wildman–Crippen LogP) is 3.32. The van der Waals surface area contributed by atoms with Crippen LogP contribution in [0.2, 0.25) is 0 Å². The van der Waals surface area contributed by atoms with E-state index in [9.17, 15) is 9.18 Å². The molecule has 1 aromatic rings. The number of hydrogen-bond donors (Lipinski definition) is 2. The van der Waals surface area contributed by atoms with E-state index in [2.05, 4.69) is 9.98 Å². The van der Waals surface area contributed by atoms with E-state index in [0.29, 0.717) is 30.9 Å². The maximum atomic E-state index is 14.4. The number of anilines is 1. The average Bonchev–Trinajstić information content (AvgIpc) is 3.17. The summed E-state index contributed by atoms with van der Waals surface area (Å²) < 4.78 is 26.2. The highest BCUT2D eigenvalue weighted by Crippen LogP contribution is 2.43. The van der Waals surface area contributed by atoms with E-state index < -0.39 is 17.1 Å². The highest BCUT2D eigenvalue weighted by molar-refractivity contribution is 6.06. The fourth-order valence-corrected chi connectivity index (χ4v) is 4.73. The van der Waals surface area contributed by atoms with E-state index >= 15 is 0 Å². The van der Waals surface area contributed by atoms with Crippen molar-refractivity contribution >= 4 is 23.7 Å². The molecule has 2 aliphatic heterocycles. The number of guanidine groups is 2. The Morgan fingerprint density at radius 1 is 1.21 bits per heavy atom. The van der Waals surface area contributed by atoms with E-state index in [1.54, 1.807) is 15.9 Å². The van der Waals surface area contributed by atoms with Gasteiger partial charge in [-0.2, -0.15) is 4.99 Å². The van der Waals surface area contributed by atoms with Crippen LogP contribution in [-0.2, 0) is 4.74 Å². The molecule has 1 saturated heterocycles. The van der Waals surface area contributed by atoms with Gasteiger partial charge in [0.2, 0.25) is 11.9 Å². The second-order valence-corrected chi connectivity index (χ2v) is 9.89. The molecule has 1 aliphatic carbocycles. The Balaban J connectivity index is 1.59. The lowest BCUT2D eigenvalue weighted by Gasteiger charge is -2.46. The fraction of sp³-hybridized carbons (Fsp3) is 0.609. The quantitative estimate of drug-likeness (QED) is 0.714. The van der Waals surface area contributed by atoms with Crippen molar-refractivity contribution in [2.24, 2.45) is 21.5 Å². The SMILES string of the molecule is CC(C)(C)OC(=O)N1CCC(Oc2ccc(F)cc2N2C(N)=NC(N)=NC23CCCCC3)C1. The molecule has 1 spiro atoms. The fourth-order valence-electron chi connectivity index (χ4n) is 4.73. The number of aliphatic imine (C=N–C) groups is 2. The second-order valence-electron chi connectivity index (χ2n) is 9.89. The van der Waals surface area contributed by atoms with Crippen LogP contribution in [0.5, 0.6) is 5.75 Å². The number of benzene rings is 1. The van der Waals surface area contributed by atoms with Crippen LogP contribution in [0.15, 0.2) is 28.2 Å². The van der Waals surface area contributed by atoms with Gasteiger partial charge in [-0.05, 0) is 58.6 Å². The minimum absolute atomic E-state index is 0.133. The molecule has 4 N–H and O–H groups in total. The highest BCUT2D eigenvalue weighted by atomic mass is 19.1. The lowest BCUT2D eigenvalue weighted by atomic mass is 9.87. The number of hydrogen-bond acceptors (Lipinski definition) is 8. The summed E-state index contributed by atoms with van der Waals surface area (Å²) in [7, 11) is 0. The van der Waals surface area contributed by atoms with Crippen LogP contribution < -0.4 is 21.1 Å². The number of carbonyl (C=O) groups excluding carboxylic acids is 1. The Labute approximate surface area is 193 Å². The van der Waals surface area contributed by atoms with Crippen LogP contribution in [0.3, 0.4) is 0 Å². The first-order valence-electron chi connectivity index (χ1n) is 11.5. The molecule has 180 valence electrons. The van der Waals surface area contributed by atoms with Crippen LogP contribution in [0, 0.1) is 5.82 Å². The molecule has 1 aromatic carbocycles. The highest BCUT2D eigenvalue weighted by Gasteiger charge is 2.44. The van der Waals surface area contributed by atoms with E-state index in [4.69, 9.17) is 20.9 Å². The topological polar surface area (TPSA) is 119 Å². The summed E-state index contributed by atoms with van der Waals surface area (Å²) in [6.07, 6.45) is 4.48. The predicted molar refractivity (Wildman–Crippen MR) is 125 cm³/mol. The maximum Gasteiger partial charge on any atom is 0.410 e. The summed E-state index contributed by atoms with van der Waals surface area (Å²) in [5, 5.41) is 0. The molecular weight excluding hydrogens is 427 g/mol. The molecule has 1 saturated carbocycles. The molecule has 1 atom stereocenters. The van der Waals surface area contributed by atoms with Gasteiger partial charge in [0, 0.05) is 19.0 Å². The van der Waals surface area contributed by atoms with Crippen LogP contribution in [0.4, 0.5) is 14.9 Å². The molecule has 0 aromatic heterocycles.